The summed E-state index contributed by atoms with van der Waals surface area (Å²) in [6.45, 7) is 5.32. The second-order valence-electron chi connectivity index (χ2n) is 5.95. The Morgan fingerprint density at radius 1 is 1.08 bits per heavy atom. The highest BCUT2D eigenvalue weighted by Crippen LogP contribution is 2.18. The van der Waals surface area contributed by atoms with Crippen LogP contribution in [-0.4, -0.2) is 23.6 Å². The van der Waals surface area contributed by atoms with E-state index in [1.807, 2.05) is 60.9 Å². The van der Waals surface area contributed by atoms with Crippen LogP contribution < -0.4 is 10.1 Å². The van der Waals surface area contributed by atoms with Crippen LogP contribution in [0.4, 0.5) is 0 Å². The molecule has 0 saturated heterocycles. The van der Waals surface area contributed by atoms with Crippen LogP contribution >= 0.6 is 0 Å². The van der Waals surface area contributed by atoms with E-state index >= 15 is 0 Å². The number of aryl methyl sites for hydroxylation is 2. The Labute approximate surface area is 142 Å². The van der Waals surface area contributed by atoms with E-state index in [4.69, 9.17) is 4.74 Å². The standard InChI is InChI=1S/C20H22N2O2/c1-15-6-5-8-18(12-15)24-11-10-21-20(23)14-22-16(2)13-17-7-3-4-9-19(17)22/h3-9,12-13H,10-11,14H2,1-2H3,(H,21,23). The third kappa shape index (κ3) is 3.77. The molecule has 4 heteroatoms. The van der Waals surface area contributed by atoms with Crippen molar-refractivity contribution in [3.05, 3.63) is 65.9 Å². The van der Waals surface area contributed by atoms with Gasteiger partial charge >= 0.3 is 0 Å². The van der Waals surface area contributed by atoms with E-state index in [0.29, 0.717) is 19.7 Å². The molecule has 0 spiro atoms. The first-order chi connectivity index (χ1) is 11.6. The minimum absolute atomic E-state index is 0.00713. The maximum absolute atomic E-state index is 12.2. The van der Waals surface area contributed by atoms with Crippen LogP contribution in [0.15, 0.2) is 54.6 Å². The van der Waals surface area contributed by atoms with E-state index in [2.05, 4.69) is 17.4 Å². The Bertz CT molecular complexity index is 852. The van der Waals surface area contributed by atoms with Gasteiger partial charge in [0.15, 0.2) is 0 Å². The van der Waals surface area contributed by atoms with Gasteiger partial charge in [0, 0.05) is 11.2 Å². The number of fused-ring (bicyclic) bond motifs is 1. The molecule has 0 aliphatic heterocycles. The summed E-state index contributed by atoms with van der Waals surface area (Å²) in [7, 11) is 0. The van der Waals surface area contributed by atoms with Crippen molar-refractivity contribution in [3.8, 4) is 5.75 Å². The Kier molecular flexibility index (Phi) is 4.85. The molecule has 2 aromatic carbocycles. The minimum Gasteiger partial charge on any atom is -0.492 e. The van der Waals surface area contributed by atoms with Gasteiger partial charge in [-0.2, -0.15) is 0 Å². The predicted molar refractivity (Wildman–Crippen MR) is 96.4 cm³/mol. The Balaban J connectivity index is 1.51. The summed E-state index contributed by atoms with van der Waals surface area (Å²) in [5, 5.41) is 4.07. The van der Waals surface area contributed by atoms with Gasteiger partial charge in [0.25, 0.3) is 0 Å². The summed E-state index contributed by atoms with van der Waals surface area (Å²) in [5.41, 5.74) is 3.33. The molecule has 0 fully saturated rings. The van der Waals surface area contributed by atoms with E-state index < -0.39 is 0 Å². The molecule has 0 aliphatic rings. The van der Waals surface area contributed by atoms with E-state index in [0.717, 1.165) is 27.9 Å². The SMILES string of the molecule is Cc1cccc(OCCNC(=O)Cn2c(C)cc3ccccc32)c1. The Morgan fingerprint density at radius 2 is 1.92 bits per heavy atom. The van der Waals surface area contributed by atoms with Crippen LogP contribution in [0.25, 0.3) is 10.9 Å². The number of benzene rings is 2. The largest absolute Gasteiger partial charge is 0.492 e. The van der Waals surface area contributed by atoms with Crippen molar-refractivity contribution in [1.82, 2.24) is 9.88 Å². The summed E-state index contributed by atoms with van der Waals surface area (Å²) in [5.74, 6) is 0.823. The number of hydrogen-bond donors (Lipinski definition) is 1. The van der Waals surface area contributed by atoms with Crippen molar-refractivity contribution in [2.24, 2.45) is 0 Å². The van der Waals surface area contributed by atoms with Gasteiger partial charge in [-0.25, -0.2) is 0 Å². The van der Waals surface area contributed by atoms with E-state index in [1.165, 1.54) is 0 Å². The first-order valence-electron chi connectivity index (χ1n) is 8.14. The zero-order valence-electron chi connectivity index (χ0n) is 14.1. The van der Waals surface area contributed by atoms with Crippen LogP contribution in [0, 0.1) is 13.8 Å². The molecule has 1 aromatic heterocycles. The number of amides is 1. The fourth-order valence-corrected chi connectivity index (χ4v) is 2.82. The van der Waals surface area contributed by atoms with Crippen LogP contribution in [0.5, 0.6) is 5.75 Å². The molecule has 1 amide bonds. The molecule has 0 bridgehead atoms. The highest BCUT2D eigenvalue weighted by Gasteiger charge is 2.09. The number of hydrogen-bond acceptors (Lipinski definition) is 2. The topological polar surface area (TPSA) is 43.3 Å². The molecule has 0 atom stereocenters. The van der Waals surface area contributed by atoms with Crippen molar-refractivity contribution in [3.63, 3.8) is 0 Å². The lowest BCUT2D eigenvalue weighted by molar-refractivity contribution is -0.121. The number of nitrogens with one attached hydrogen (secondary N) is 1. The molecule has 1 heterocycles. The van der Waals surface area contributed by atoms with Crippen molar-refractivity contribution < 1.29 is 9.53 Å². The predicted octanol–water partition coefficient (Wildman–Crippen LogP) is 3.45. The molecular formula is C20H22N2O2. The van der Waals surface area contributed by atoms with Crippen molar-refractivity contribution in [2.45, 2.75) is 20.4 Å². The first-order valence-corrected chi connectivity index (χ1v) is 8.14. The lowest BCUT2D eigenvalue weighted by Crippen LogP contribution is -2.31. The molecule has 124 valence electrons. The molecule has 0 aliphatic carbocycles. The number of ether oxygens (including phenoxy) is 1. The van der Waals surface area contributed by atoms with Gasteiger partial charge < -0.3 is 14.6 Å². The van der Waals surface area contributed by atoms with Crippen molar-refractivity contribution >= 4 is 16.8 Å². The number of aromatic nitrogens is 1. The number of nitrogens with zero attached hydrogens (tertiary/aromatic N) is 1. The van der Waals surface area contributed by atoms with E-state index in [-0.39, 0.29) is 5.91 Å². The molecule has 1 N–H and O–H groups in total. The summed E-state index contributed by atoms with van der Waals surface area (Å²) in [6, 6.07) is 18.1. The number of carbonyl (C=O) groups is 1. The summed E-state index contributed by atoms with van der Waals surface area (Å²) < 4.78 is 7.68. The fraction of sp³-hybridized carbons (Fsp3) is 0.250. The molecular weight excluding hydrogens is 300 g/mol. The lowest BCUT2D eigenvalue weighted by atomic mass is 10.2. The van der Waals surface area contributed by atoms with Crippen LogP contribution in [0.1, 0.15) is 11.3 Å². The average Bonchev–Trinajstić information content (AvgIpc) is 2.88. The molecule has 3 aromatic rings. The molecule has 4 nitrogen and oxygen atoms in total. The summed E-state index contributed by atoms with van der Waals surface area (Å²) in [6.07, 6.45) is 0. The maximum atomic E-state index is 12.2. The summed E-state index contributed by atoms with van der Waals surface area (Å²) >= 11 is 0. The quantitative estimate of drug-likeness (QED) is 0.706. The molecule has 0 saturated carbocycles. The third-order valence-corrected chi connectivity index (χ3v) is 4.00. The van der Waals surface area contributed by atoms with Gasteiger partial charge in [-0.3, -0.25) is 4.79 Å². The maximum Gasteiger partial charge on any atom is 0.240 e. The normalized spacial score (nSPS) is 10.8. The first kappa shape index (κ1) is 16.1. The average molecular weight is 322 g/mol. The van der Waals surface area contributed by atoms with E-state index in [1.54, 1.807) is 0 Å². The second-order valence-corrected chi connectivity index (χ2v) is 5.95. The number of para-hydroxylation sites is 1. The molecule has 0 radical (unpaired) electrons. The van der Waals surface area contributed by atoms with Gasteiger partial charge in [-0.15, -0.1) is 0 Å². The van der Waals surface area contributed by atoms with E-state index in [9.17, 15) is 4.79 Å². The van der Waals surface area contributed by atoms with Crippen molar-refractivity contribution in [1.29, 1.82) is 0 Å². The zero-order valence-corrected chi connectivity index (χ0v) is 14.1. The van der Waals surface area contributed by atoms with Gasteiger partial charge in [0.2, 0.25) is 5.91 Å². The smallest absolute Gasteiger partial charge is 0.240 e. The monoisotopic (exact) mass is 322 g/mol. The zero-order chi connectivity index (χ0) is 16.9. The lowest BCUT2D eigenvalue weighted by Gasteiger charge is -2.10. The highest BCUT2D eigenvalue weighted by molar-refractivity contribution is 5.84. The van der Waals surface area contributed by atoms with Crippen LogP contribution in [0.2, 0.25) is 0 Å². The van der Waals surface area contributed by atoms with Crippen LogP contribution in [0.3, 0.4) is 0 Å². The third-order valence-electron chi connectivity index (χ3n) is 4.00. The van der Waals surface area contributed by atoms with Gasteiger partial charge in [0.1, 0.15) is 18.9 Å². The summed E-state index contributed by atoms with van der Waals surface area (Å²) in [4.78, 5) is 12.2. The molecule has 3 rings (SSSR count). The Morgan fingerprint density at radius 3 is 2.75 bits per heavy atom. The minimum atomic E-state index is -0.00713. The van der Waals surface area contributed by atoms with Crippen molar-refractivity contribution in [2.75, 3.05) is 13.2 Å². The molecule has 0 unspecified atom stereocenters. The second kappa shape index (κ2) is 7.21. The molecule has 24 heavy (non-hydrogen) atoms. The van der Waals surface area contributed by atoms with Gasteiger partial charge in [-0.1, -0.05) is 30.3 Å². The number of rotatable bonds is 6. The number of carbonyl (C=O) groups excluding carboxylic acids is 1. The van der Waals surface area contributed by atoms with Crippen LogP contribution in [-0.2, 0) is 11.3 Å². The Hall–Kier alpha value is -2.75. The highest BCUT2D eigenvalue weighted by atomic mass is 16.5. The van der Waals surface area contributed by atoms with Gasteiger partial charge in [-0.05, 0) is 49.1 Å². The fourth-order valence-electron chi connectivity index (χ4n) is 2.82. The van der Waals surface area contributed by atoms with Gasteiger partial charge in [0.05, 0.1) is 6.54 Å².